The summed E-state index contributed by atoms with van der Waals surface area (Å²) in [6.45, 7) is 6.43. The normalized spacial score (nSPS) is 13.8. The van der Waals surface area contributed by atoms with Crippen LogP contribution in [0.1, 0.15) is 27.2 Å². The monoisotopic (exact) mass is 284 g/mol. The van der Waals surface area contributed by atoms with Crippen molar-refractivity contribution in [3.8, 4) is 0 Å². The Labute approximate surface area is 116 Å². The first kappa shape index (κ1) is 16.0. The van der Waals surface area contributed by atoms with Gasteiger partial charge in [0, 0.05) is 25.8 Å². The Balaban J connectivity index is 3.02. The fraction of sp³-hybridized carbons (Fsp3) is 0.571. The molecule has 0 heterocycles. The van der Waals surface area contributed by atoms with Gasteiger partial charge < -0.3 is 5.32 Å². The van der Waals surface area contributed by atoms with Crippen molar-refractivity contribution < 1.29 is 8.42 Å². The van der Waals surface area contributed by atoms with Gasteiger partial charge in [-0.3, -0.25) is 0 Å². The van der Waals surface area contributed by atoms with Crippen molar-refractivity contribution in [3.05, 3.63) is 24.3 Å². The molecule has 0 amide bonds. The highest BCUT2D eigenvalue weighted by Gasteiger charge is 2.18. The topological polar surface area (TPSA) is 49.4 Å². The van der Waals surface area contributed by atoms with Crippen LogP contribution in [0.4, 0.5) is 5.69 Å². The average molecular weight is 284 g/mol. The van der Waals surface area contributed by atoms with Crippen molar-refractivity contribution in [1.29, 1.82) is 0 Å². The summed E-state index contributed by atoms with van der Waals surface area (Å²) >= 11 is 0. The van der Waals surface area contributed by atoms with Crippen molar-refractivity contribution in [2.45, 2.75) is 38.1 Å². The molecule has 1 aromatic rings. The molecular formula is C14H24N2O2S. The zero-order chi connectivity index (χ0) is 14.6. The number of anilines is 1. The maximum absolute atomic E-state index is 12.1. The first-order valence-electron chi connectivity index (χ1n) is 6.58. The number of nitrogens with one attached hydrogen (secondary N) is 1. The molecule has 5 heteroatoms. The summed E-state index contributed by atoms with van der Waals surface area (Å²) in [5, 5.41) is 3.40. The maximum atomic E-state index is 12.1. The predicted molar refractivity (Wildman–Crippen MR) is 79.9 cm³/mol. The highest BCUT2D eigenvalue weighted by atomic mass is 32.2. The fourth-order valence-corrected chi connectivity index (χ4v) is 2.86. The summed E-state index contributed by atoms with van der Waals surface area (Å²) in [5.74, 6) is 0.499. The van der Waals surface area contributed by atoms with E-state index in [2.05, 4.69) is 26.1 Å². The van der Waals surface area contributed by atoms with E-state index in [1.807, 2.05) is 6.07 Å². The molecule has 108 valence electrons. The van der Waals surface area contributed by atoms with Gasteiger partial charge in [0.05, 0.1) is 4.90 Å². The number of sulfonamides is 1. The first-order chi connectivity index (χ1) is 8.78. The highest BCUT2D eigenvalue weighted by molar-refractivity contribution is 7.89. The van der Waals surface area contributed by atoms with Crippen molar-refractivity contribution in [2.75, 3.05) is 19.4 Å². The molecule has 0 saturated heterocycles. The first-order valence-corrected chi connectivity index (χ1v) is 8.02. The SMILES string of the molecule is CCC(Nc1cccc(S(=O)(=O)N(C)C)c1)C(C)C. The molecule has 0 radical (unpaired) electrons. The molecule has 19 heavy (non-hydrogen) atoms. The largest absolute Gasteiger partial charge is 0.382 e. The van der Waals surface area contributed by atoms with Gasteiger partial charge in [0.2, 0.25) is 10.0 Å². The fourth-order valence-electron chi connectivity index (χ4n) is 1.91. The minimum atomic E-state index is -3.37. The Morgan fingerprint density at radius 1 is 1.26 bits per heavy atom. The zero-order valence-corrected chi connectivity index (χ0v) is 13.2. The van der Waals surface area contributed by atoms with Gasteiger partial charge in [-0.15, -0.1) is 0 Å². The second-order valence-electron chi connectivity index (χ2n) is 5.22. The van der Waals surface area contributed by atoms with E-state index in [4.69, 9.17) is 0 Å². The molecule has 0 spiro atoms. The van der Waals surface area contributed by atoms with Gasteiger partial charge in [0.25, 0.3) is 0 Å². The Bertz CT molecular complexity index is 510. The molecule has 0 saturated carbocycles. The third kappa shape index (κ3) is 3.94. The van der Waals surface area contributed by atoms with Crippen LogP contribution < -0.4 is 5.32 Å². The van der Waals surface area contributed by atoms with E-state index in [1.54, 1.807) is 32.3 Å². The minimum absolute atomic E-state index is 0.320. The molecule has 1 N–H and O–H groups in total. The maximum Gasteiger partial charge on any atom is 0.242 e. The second-order valence-corrected chi connectivity index (χ2v) is 7.37. The number of hydrogen-bond acceptors (Lipinski definition) is 3. The van der Waals surface area contributed by atoms with Gasteiger partial charge in [-0.2, -0.15) is 0 Å². The number of nitrogens with zero attached hydrogens (tertiary/aromatic N) is 1. The third-order valence-corrected chi connectivity index (χ3v) is 5.02. The predicted octanol–water partition coefficient (Wildman–Crippen LogP) is 2.78. The molecule has 0 bridgehead atoms. The lowest BCUT2D eigenvalue weighted by molar-refractivity contribution is 0.510. The van der Waals surface area contributed by atoms with Crippen LogP contribution >= 0.6 is 0 Å². The summed E-state index contributed by atoms with van der Waals surface area (Å²) in [6.07, 6.45) is 1.00. The lowest BCUT2D eigenvalue weighted by Gasteiger charge is -2.22. The van der Waals surface area contributed by atoms with Gasteiger partial charge in [0.15, 0.2) is 0 Å². The zero-order valence-electron chi connectivity index (χ0n) is 12.3. The summed E-state index contributed by atoms with van der Waals surface area (Å²) in [7, 11) is -0.289. The van der Waals surface area contributed by atoms with Crippen LogP contribution in [0.2, 0.25) is 0 Å². The van der Waals surface area contributed by atoms with Crippen LogP contribution in [0.5, 0.6) is 0 Å². The Morgan fingerprint density at radius 2 is 1.89 bits per heavy atom. The van der Waals surface area contributed by atoms with Gasteiger partial charge in [-0.1, -0.05) is 26.8 Å². The summed E-state index contributed by atoms with van der Waals surface area (Å²) in [6, 6.07) is 7.33. The number of hydrogen-bond donors (Lipinski definition) is 1. The molecule has 0 aromatic heterocycles. The molecule has 0 aliphatic carbocycles. The van der Waals surface area contributed by atoms with Crippen molar-refractivity contribution >= 4 is 15.7 Å². The second kappa shape index (κ2) is 6.39. The molecular weight excluding hydrogens is 260 g/mol. The van der Waals surface area contributed by atoms with Crippen LogP contribution in [-0.2, 0) is 10.0 Å². The minimum Gasteiger partial charge on any atom is -0.382 e. The van der Waals surface area contributed by atoms with E-state index < -0.39 is 10.0 Å². The lowest BCUT2D eigenvalue weighted by atomic mass is 10.0. The third-order valence-electron chi connectivity index (χ3n) is 3.21. The van der Waals surface area contributed by atoms with Crippen LogP contribution in [0.15, 0.2) is 29.2 Å². The van der Waals surface area contributed by atoms with E-state index in [1.165, 1.54) is 4.31 Å². The molecule has 0 aliphatic rings. The molecule has 1 unspecified atom stereocenters. The number of rotatable bonds is 6. The van der Waals surface area contributed by atoms with E-state index in [0.29, 0.717) is 16.9 Å². The van der Waals surface area contributed by atoms with Crippen LogP contribution in [-0.4, -0.2) is 32.9 Å². The van der Waals surface area contributed by atoms with E-state index in [-0.39, 0.29) is 0 Å². The molecule has 4 nitrogen and oxygen atoms in total. The molecule has 1 atom stereocenters. The van der Waals surface area contributed by atoms with Gasteiger partial charge in [-0.25, -0.2) is 12.7 Å². The number of benzene rings is 1. The molecule has 0 fully saturated rings. The van der Waals surface area contributed by atoms with Gasteiger partial charge >= 0.3 is 0 Å². The Kier molecular flexibility index (Phi) is 5.38. The Hall–Kier alpha value is -1.07. The van der Waals surface area contributed by atoms with E-state index in [9.17, 15) is 8.42 Å². The van der Waals surface area contributed by atoms with Crippen LogP contribution in [0, 0.1) is 5.92 Å². The van der Waals surface area contributed by atoms with Gasteiger partial charge in [0.1, 0.15) is 0 Å². The smallest absolute Gasteiger partial charge is 0.242 e. The molecule has 1 aromatic carbocycles. The Morgan fingerprint density at radius 3 is 2.37 bits per heavy atom. The van der Waals surface area contributed by atoms with Crippen LogP contribution in [0.3, 0.4) is 0 Å². The summed E-state index contributed by atoms with van der Waals surface area (Å²) < 4.78 is 25.4. The highest BCUT2D eigenvalue weighted by Crippen LogP contribution is 2.20. The van der Waals surface area contributed by atoms with Crippen LogP contribution in [0.25, 0.3) is 0 Å². The average Bonchev–Trinajstić information content (AvgIpc) is 2.35. The summed E-state index contributed by atoms with van der Waals surface area (Å²) in [5.41, 5.74) is 0.850. The molecule has 0 aliphatic heterocycles. The lowest BCUT2D eigenvalue weighted by Crippen LogP contribution is -2.25. The van der Waals surface area contributed by atoms with Crippen molar-refractivity contribution in [3.63, 3.8) is 0 Å². The molecule has 1 rings (SSSR count). The van der Waals surface area contributed by atoms with Crippen molar-refractivity contribution in [1.82, 2.24) is 4.31 Å². The van der Waals surface area contributed by atoms with Gasteiger partial charge in [-0.05, 0) is 30.5 Å². The van der Waals surface area contributed by atoms with Crippen molar-refractivity contribution in [2.24, 2.45) is 5.92 Å². The standard InChI is InChI=1S/C14H24N2O2S/c1-6-14(11(2)3)15-12-8-7-9-13(10-12)19(17,18)16(4)5/h7-11,14-15H,6H2,1-5H3. The van der Waals surface area contributed by atoms with E-state index >= 15 is 0 Å². The van der Waals surface area contributed by atoms with E-state index in [0.717, 1.165) is 12.1 Å². The quantitative estimate of drug-likeness (QED) is 0.874. The summed E-state index contributed by atoms with van der Waals surface area (Å²) in [4.78, 5) is 0.320.